The lowest BCUT2D eigenvalue weighted by Crippen LogP contribution is -2.23. The van der Waals surface area contributed by atoms with Crippen molar-refractivity contribution in [2.45, 2.75) is 6.04 Å². The molecule has 0 spiro atoms. The van der Waals surface area contributed by atoms with E-state index in [9.17, 15) is 4.39 Å². The van der Waals surface area contributed by atoms with Crippen LogP contribution in [0, 0.1) is 17.7 Å². The normalized spacial score (nSPS) is 34.3. The van der Waals surface area contributed by atoms with E-state index in [1.807, 2.05) is 6.07 Å². The van der Waals surface area contributed by atoms with E-state index in [4.69, 9.17) is 0 Å². The molecule has 80 valence electrons. The Bertz CT molecular complexity index is 366. The van der Waals surface area contributed by atoms with Gasteiger partial charge in [0.1, 0.15) is 5.82 Å². The molecule has 1 aromatic rings. The third-order valence-electron chi connectivity index (χ3n) is 3.63. The average molecular weight is 206 g/mol. The van der Waals surface area contributed by atoms with Crippen molar-refractivity contribution in [3.63, 3.8) is 0 Å². The lowest BCUT2D eigenvalue weighted by atomic mass is 9.90. The van der Waals surface area contributed by atoms with Crippen LogP contribution >= 0.6 is 0 Å². The zero-order valence-electron chi connectivity index (χ0n) is 8.54. The van der Waals surface area contributed by atoms with Crippen molar-refractivity contribution in [2.75, 3.05) is 19.6 Å². The maximum absolute atomic E-state index is 13.1. The Balaban J connectivity index is 1.88. The van der Waals surface area contributed by atoms with Gasteiger partial charge in [-0.05, 0) is 36.1 Å². The molecule has 0 unspecified atom stereocenters. The molecule has 0 bridgehead atoms. The molecule has 2 aliphatic rings. The first-order valence-corrected chi connectivity index (χ1v) is 5.54. The second-order valence-electron chi connectivity index (χ2n) is 4.52. The zero-order valence-corrected chi connectivity index (χ0v) is 8.54. The molecular weight excluding hydrogens is 191 g/mol. The molecule has 2 N–H and O–H groups in total. The van der Waals surface area contributed by atoms with E-state index in [0.29, 0.717) is 12.0 Å². The molecule has 2 saturated heterocycles. The number of nitrogens with one attached hydrogen (secondary N) is 2. The first-order valence-electron chi connectivity index (χ1n) is 5.54. The Labute approximate surface area is 88.9 Å². The van der Waals surface area contributed by atoms with E-state index < -0.39 is 0 Å². The predicted molar refractivity (Wildman–Crippen MR) is 57.0 cm³/mol. The lowest BCUT2D eigenvalue weighted by molar-refractivity contribution is 0.448. The molecule has 3 rings (SSSR count). The van der Waals surface area contributed by atoms with Crippen molar-refractivity contribution >= 4 is 0 Å². The van der Waals surface area contributed by atoms with E-state index in [2.05, 4.69) is 10.6 Å². The van der Waals surface area contributed by atoms with Crippen molar-refractivity contribution in [3.8, 4) is 0 Å². The van der Waals surface area contributed by atoms with E-state index in [-0.39, 0.29) is 5.82 Å². The minimum absolute atomic E-state index is 0.135. The molecule has 3 atom stereocenters. The van der Waals surface area contributed by atoms with Gasteiger partial charge in [0.15, 0.2) is 0 Å². The summed E-state index contributed by atoms with van der Waals surface area (Å²) in [4.78, 5) is 0. The van der Waals surface area contributed by atoms with Crippen LogP contribution in [-0.2, 0) is 0 Å². The summed E-state index contributed by atoms with van der Waals surface area (Å²) in [7, 11) is 0. The van der Waals surface area contributed by atoms with E-state index >= 15 is 0 Å². The van der Waals surface area contributed by atoms with Gasteiger partial charge in [-0.25, -0.2) is 4.39 Å². The van der Waals surface area contributed by atoms with Crippen LogP contribution < -0.4 is 10.6 Å². The third-order valence-corrected chi connectivity index (χ3v) is 3.63. The largest absolute Gasteiger partial charge is 0.316 e. The monoisotopic (exact) mass is 206 g/mol. The van der Waals surface area contributed by atoms with Gasteiger partial charge in [0.05, 0.1) is 0 Å². The van der Waals surface area contributed by atoms with Crippen LogP contribution in [0.1, 0.15) is 11.6 Å². The molecule has 0 amide bonds. The van der Waals surface area contributed by atoms with Crippen LogP contribution in [0.4, 0.5) is 4.39 Å². The summed E-state index contributed by atoms with van der Waals surface area (Å²) >= 11 is 0. The standard InChI is InChI=1S/C12H15FN2/c13-10-3-1-2-8(4-10)12-11-7-14-5-9(11)6-15-12/h1-4,9,11-12,14-15H,5-7H2/t9-,11-,12+/m0/s1. The summed E-state index contributed by atoms with van der Waals surface area (Å²) in [6, 6.07) is 7.30. The van der Waals surface area contributed by atoms with Gasteiger partial charge in [-0.15, -0.1) is 0 Å². The summed E-state index contributed by atoms with van der Waals surface area (Å²) in [6.45, 7) is 3.21. The highest BCUT2D eigenvalue weighted by molar-refractivity contribution is 5.23. The van der Waals surface area contributed by atoms with Gasteiger partial charge < -0.3 is 10.6 Å². The first kappa shape index (κ1) is 9.31. The van der Waals surface area contributed by atoms with Crippen molar-refractivity contribution < 1.29 is 4.39 Å². The van der Waals surface area contributed by atoms with Gasteiger partial charge in [-0.1, -0.05) is 12.1 Å². The molecule has 2 aliphatic heterocycles. The Morgan fingerprint density at radius 3 is 3.00 bits per heavy atom. The molecule has 1 aromatic carbocycles. The minimum atomic E-state index is -0.135. The summed E-state index contributed by atoms with van der Waals surface area (Å²) in [6.07, 6.45) is 0. The van der Waals surface area contributed by atoms with Crippen molar-refractivity contribution in [1.82, 2.24) is 10.6 Å². The second-order valence-corrected chi connectivity index (χ2v) is 4.52. The lowest BCUT2D eigenvalue weighted by Gasteiger charge is -2.18. The number of rotatable bonds is 1. The van der Waals surface area contributed by atoms with Crippen molar-refractivity contribution in [3.05, 3.63) is 35.6 Å². The summed E-state index contributed by atoms with van der Waals surface area (Å²) in [5.41, 5.74) is 1.09. The third kappa shape index (κ3) is 1.56. The van der Waals surface area contributed by atoms with Crippen LogP contribution in [0.5, 0.6) is 0 Å². The molecule has 2 nitrogen and oxygen atoms in total. The summed E-state index contributed by atoms with van der Waals surface area (Å²) in [5.74, 6) is 1.22. The molecule has 0 radical (unpaired) electrons. The van der Waals surface area contributed by atoms with Gasteiger partial charge in [0.2, 0.25) is 0 Å². The fourth-order valence-corrected chi connectivity index (χ4v) is 2.86. The Morgan fingerprint density at radius 2 is 2.13 bits per heavy atom. The molecule has 3 heteroatoms. The smallest absolute Gasteiger partial charge is 0.123 e. The van der Waals surface area contributed by atoms with Crippen LogP contribution in [0.15, 0.2) is 24.3 Å². The topological polar surface area (TPSA) is 24.1 Å². The zero-order chi connectivity index (χ0) is 10.3. The average Bonchev–Trinajstić information content (AvgIpc) is 2.77. The van der Waals surface area contributed by atoms with Gasteiger partial charge >= 0.3 is 0 Å². The van der Waals surface area contributed by atoms with Crippen LogP contribution in [0.3, 0.4) is 0 Å². The van der Waals surface area contributed by atoms with Crippen LogP contribution in [0.2, 0.25) is 0 Å². The molecule has 2 heterocycles. The van der Waals surface area contributed by atoms with Crippen molar-refractivity contribution in [1.29, 1.82) is 0 Å². The maximum atomic E-state index is 13.1. The Morgan fingerprint density at radius 1 is 1.20 bits per heavy atom. The summed E-state index contributed by atoms with van der Waals surface area (Å²) < 4.78 is 13.1. The highest BCUT2D eigenvalue weighted by atomic mass is 19.1. The van der Waals surface area contributed by atoms with E-state index in [1.165, 1.54) is 6.07 Å². The van der Waals surface area contributed by atoms with E-state index in [0.717, 1.165) is 31.1 Å². The second kappa shape index (κ2) is 3.58. The highest BCUT2D eigenvalue weighted by Gasteiger charge is 2.39. The SMILES string of the molecule is Fc1cccc([C@H]2NC[C@@H]3CNC[C@@H]32)c1. The minimum Gasteiger partial charge on any atom is -0.316 e. The van der Waals surface area contributed by atoms with Crippen molar-refractivity contribution in [2.24, 2.45) is 11.8 Å². The molecule has 0 saturated carbocycles. The Hall–Kier alpha value is -0.930. The quantitative estimate of drug-likeness (QED) is 0.724. The number of fused-ring (bicyclic) bond motifs is 1. The first-order chi connectivity index (χ1) is 7.34. The fourth-order valence-electron chi connectivity index (χ4n) is 2.86. The summed E-state index contributed by atoms with van der Waals surface area (Å²) in [5, 5.41) is 6.90. The molecule has 15 heavy (non-hydrogen) atoms. The number of hydrogen-bond donors (Lipinski definition) is 2. The molecule has 2 fully saturated rings. The van der Waals surface area contributed by atoms with Gasteiger partial charge in [-0.3, -0.25) is 0 Å². The van der Waals surface area contributed by atoms with Crippen LogP contribution in [0.25, 0.3) is 0 Å². The number of halogens is 1. The van der Waals surface area contributed by atoms with Crippen LogP contribution in [-0.4, -0.2) is 19.6 Å². The predicted octanol–water partition coefficient (Wildman–Crippen LogP) is 1.31. The van der Waals surface area contributed by atoms with Gasteiger partial charge in [0.25, 0.3) is 0 Å². The van der Waals surface area contributed by atoms with E-state index in [1.54, 1.807) is 12.1 Å². The molecule has 0 aliphatic carbocycles. The highest BCUT2D eigenvalue weighted by Crippen LogP contribution is 2.35. The number of hydrogen-bond acceptors (Lipinski definition) is 2. The number of benzene rings is 1. The molecular formula is C12H15FN2. The Kier molecular flexibility index (Phi) is 2.22. The van der Waals surface area contributed by atoms with Gasteiger partial charge in [0, 0.05) is 19.1 Å². The van der Waals surface area contributed by atoms with Gasteiger partial charge in [-0.2, -0.15) is 0 Å². The maximum Gasteiger partial charge on any atom is 0.123 e. The fraction of sp³-hybridized carbons (Fsp3) is 0.500. The molecule has 0 aromatic heterocycles.